The maximum Gasteiger partial charge on any atom is 0.241 e. The van der Waals surface area contributed by atoms with E-state index in [1.165, 1.54) is 54.9 Å². The van der Waals surface area contributed by atoms with Crippen molar-refractivity contribution < 1.29 is 9.53 Å². The minimum Gasteiger partial charge on any atom is -0.496 e. The number of hydrogen-bond donors (Lipinski definition) is 1. The Hall–Kier alpha value is -2.55. The molecule has 3 heteroatoms. The van der Waals surface area contributed by atoms with Crippen molar-refractivity contribution in [1.29, 1.82) is 0 Å². The van der Waals surface area contributed by atoms with Gasteiger partial charge in [0.2, 0.25) is 5.91 Å². The average molecular weight is 388 g/mol. The van der Waals surface area contributed by atoms with Gasteiger partial charge in [-0.25, -0.2) is 0 Å². The van der Waals surface area contributed by atoms with Gasteiger partial charge in [-0.1, -0.05) is 30.3 Å². The fourth-order valence-electron chi connectivity index (χ4n) is 6.57. The largest absolute Gasteiger partial charge is 0.496 e. The molecule has 2 N–H and O–H groups in total. The molecule has 0 aliphatic heterocycles. The predicted octanol–water partition coefficient (Wildman–Crippen LogP) is 5.40. The van der Waals surface area contributed by atoms with Gasteiger partial charge in [-0.3, -0.25) is 4.79 Å². The molecule has 3 nitrogen and oxygen atoms in total. The molecule has 0 saturated heterocycles. The van der Waals surface area contributed by atoms with Gasteiger partial charge in [0.05, 0.1) is 7.11 Å². The van der Waals surface area contributed by atoms with Gasteiger partial charge in [0.15, 0.2) is 0 Å². The van der Waals surface area contributed by atoms with Crippen molar-refractivity contribution in [1.82, 2.24) is 0 Å². The first-order valence-corrected chi connectivity index (χ1v) is 10.9. The van der Waals surface area contributed by atoms with Gasteiger partial charge < -0.3 is 10.5 Å². The molecule has 6 rings (SSSR count). The van der Waals surface area contributed by atoms with Crippen LogP contribution in [0.15, 0.2) is 48.5 Å². The normalized spacial score (nSPS) is 30.0. The maximum absolute atomic E-state index is 10.9. The number of rotatable bonds is 5. The summed E-state index contributed by atoms with van der Waals surface area (Å²) in [5, 5.41) is 0. The second kappa shape index (κ2) is 7.37. The van der Waals surface area contributed by atoms with Crippen molar-refractivity contribution in [3.63, 3.8) is 0 Å². The van der Waals surface area contributed by atoms with Crippen molar-refractivity contribution in [3.8, 4) is 16.9 Å². The molecule has 0 spiro atoms. The summed E-state index contributed by atoms with van der Waals surface area (Å²) in [7, 11) is 1.80. The lowest BCUT2D eigenvalue weighted by atomic mass is 9.50. The summed E-state index contributed by atoms with van der Waals surface area (Å²) in [5.74, 6) is 4.88. The van der Waals surface area contributed by atoms with Crippen LogP contribution in [0.1, 0.15) is 49.1 Å². The SMILES string of the molecule is COc1ccc(-c2ccc(/C=C/C(N)=O)cc2)cc1C1C2CC3CC(C2)CC1C3. The minimum atomic E-state index is -0.426. The predicted molar refractivity (Wildman–Crippen MR) is 116 cm³/mol. The van der Waals surface area contributed by atoms with Gasteiger partial charge in [0, 0.05) is 6.08 Å². The third kappa shape index (κ3) is 3.48. The Morgan fingerprint density at radius 3 is 2.14 bits per heavy atom. The molecule has 4 aliphatic carbocycles. The van der Waals surface area contributed by atoms with E-state index in [1.54, 1.807) is 13.2 Å². The summed E-state index contributed by atoms with van der Waals surface area (Å²) in [6.45, 7) is 0. The zero-order chi connectivity index (χ0) is 20.0. The monoisotopic (exact) mass is 387 g/mol. The Morgan fingerprint density at radius 2 is 1.55 bits per heavy atom. The Balaban J connectivity index is 1.46. The molecule has 4 fully saturated rings. The molecule has 1 amide bonds. The second-order valence-corrected chi connectivity index (χ2v) is 9.27. The highest BCUT2D eigenvalue weighted by Gasteiger charge is 2.49. The van der Waals surface area contributed by atoms with Gasteiger partial charge in [-0.05, 0) is 102 Å². The van der Waals surface area contributed by atoms with Crippen LogP contribution in [0.5, 0.6) is 5.75 Å². The lowest BCUT2D eigenvalue weighted by Gasteiger charge is -2.54. The van der Waals surface area contributed by atoms with Gasteiger partial charge in [-0.15, -0.1) is 0 Å². The van der Waals surface area contributed by atoms with Crippen LogP contribution in [-0.4, -0.2) is 13.0 Å². The van der Waals surface area contributed by atoms with E-state index in [0.29, 0.717) is 5.92 Å². The molecule has 0 heterocycles. The van der Waals surface area contributed by atoms with Crippen LogP contribution in [0.3, 0.4) is 0 Å². The van der Waals surface area contributed by atoms with E-state index in [-0.39, 0.29) is 0 Å². The van der Waals surface area contributed by atoms with Crippen LogP contribution in [0.4, 0.5) is 0 Å². The first-order chi connectivity index (χ1) is 14.1. The Bertz CT molecular complexity index is 916. The molecular formula is C26H29NO2. The lowest BCUT2D eigenvalue weighted by Crippen LogP contribution is -2.43. The summed E-state index contributed by atoms with van der Waals surface area (Å²) in [6.07, 6.45) is 10.3. The average Bonchev–Trinajstić information content (AvgIpc) is 2.72. The quantitative estimate of drug-likeness (QED) is 0.698. The van der Waals surface area contributed by atoms with E-state index in [1.807, 2.05) is 12.1 Å². The Labute approximate surface area is 173 Å². The number of carbonyl (C=O) groups excluding carboxylic acids is 1. The lowest BCUT2D eigenvalue weighted by molar-refractivity contribution is -0.113. The third-order valence-electron chi connectivity index (χ3n) is 7.50. The van der Waals surface area contributed by atoms with Gasteiger partial charge in [0.1, 0.15) is 5.75 Å². The molecular weight excluding hydrogens is 358 g/mol. The van der Waals surface area contributed by atoms with E-state index in [0.717, 1.165) is 35.0 Å². The van der Waals surface area contributed by atoms with Crippen molar-refractivity contribution in [2.75, 3.05) is 7.11 Å². The van der Waals surface area contributed by atoms with Gasteiger partial charge in [-0.2, -0.15) is 0 Å². The molecule has 29 heavy (non-hydrogen) atoms. The molecule has 4 bridgehead atoms. The number of benzene rings is 2. The molecule has 150 valence electrons. The summed E-state index contributed by atoms with van der Waals surface area (Å²) in [4.78, 5) is 10.9. The van der Waals surface area contributed by atoms with Gasteiger partial charge in [0.25, 0.3) is 0 Å². The standard InChI is InChI=1S/C26H29NO2/c1-29-24-8-7-20(19-5-2-16(3-6-19)4-9-25(27)28)15-23(24)26-21-11-17-10-18(13-21)14-22(26)12-17/h2-9,15,17-18,21-22,26H,10-14H2,1H3,(H2,27,28)/b9-4+. The molecule has 2 aromatic rings. The Morgan fingerprint density at radius 1 is 0.931 bits per heavy atom. The Kier molecular flexibility index (Phi) is 4.69. The molecule has 4 aliphatic rings. The topological polar surface area (TPSA) is 52.3 Å². The summed E-state index contributed by atoms with van der Waals surface area (Å²) in [5.41, 5.74) is 10.0. The molecule has 0 radical (unpaired) electrons. The van der Waals surface area contributed by atoms with Crippen molar-refractivity contribution in [2.45, 2.75) is 38.0 Å². The van der Waals surface area contributed by atoms with E-state index >= 15 is 0 Å². The minimum absolute atomic E-state index is 0.426. The smallest absolute Gasteiger partial charge is 0.241 e. The molecule has 4 saturated carbocycles. The number of carbonyl (C=O) groups is 1. The van der Waals surface area contributed by atoms with Crippen LogP contribution in [-0.2, 0) is 4.79 Å². The summed E-state index contributed by atoms with van der Waals surface area (Å²) < 4.78 is 5.81. The summed E-state index contributed by atoms with van der Waals surface area (Å²) >= 11 is 0. The number of nitrogens with two attached hydrogens (primary N) is 1. The highest BCUT2D eigenvalue weighted by molar-refractivity contribution is 5.90. The number of primary amides is 1. The van der Waals surface area contributed by atoms with Crippen LogP contribution < -0.4 is 10.5 Å². The molecule has 0 atom stereocenters. The number of methoxy groups -OCH3 is 1. The van der Waals surface area contributed by atoms with Crippen LogP contribution in [0.25, 0.3) is 17.2 Å². The number of amides is 1. The zero-order valence-corrected chi connectivity index (χ0v) is 17.0. The number of ether oxygens (including phenoxy) is 1. The molecule has 0 aromatic heterocycles. The first-order valence-electron chi connectivity index (χ1n) is 10.9. The van der Waals surface area contributed by atoms with E-state index in [4.69, 9.17) is 10.5 Å². The van der Waals surface area contributed by atoms with Crippen LogP contribution in [0.2, 0.25) is 0 Å². The fraction of sp³-hybridized carbons (Fsp3) is 0.423. The van der Waals surface area contributed by atoms with E-state index in [2.05, 4.69) is 30.3 Å². The van der Waals surface area contributed by atoms with E-state index in [9.17, 15) is 4.79 Å². The number of hydrogen-bond acceptors (Lipinski definition) is 2. The van der Waals surface area contributed by atoms with Crippen molar-refractivity contribution >= 4 is 12.0 Å². The van der Waals surface area contributed by atoms with Crippen molar-refractivity contribution in [2.24, 2.45) is 29.4 Å². The third-order valence-corrected chi connectivity index (χ3v) is 7.50. The highest BCUT2D eigenvalue weighted by atomic mass is 16.5. The summed E-state index contributed by atoms with van der Waals surface area (Å²) in [6, 6.07) is 15.0. The second-order valence-electron chi connectivity index (χ2n) is 9.27. The highest BCUT2D eigenvalue weighted by Crippen LogP contribution is 2.60. The maximum atomic E-state index is 10.9. The first kappa shape index (κ1) is 18.5. The zero-order valence-electron chi connectivity index (χ0n) is 17.0. The molecule has 0 unspecified atom stereocenters. The van der Waals surface area contributed by atoms with E-state index < -0.39 is 5.91 Å². The fourth-order valence-corrected chi connectivity index (χ4v) is 6.57. The van der Waals surface area contributed by atoms with Gasteiger partial charge >= 0.3 is 0 Å². The van der Waals surface area contributed by atoms with Crippen LogP contribution >= 0.6 is 0 Å². The molecule has 2 aromatic carbocycles. The van der Waals surface area contributed by atoms with Crippen molar-refractivity contribution in [3.05, 3.63) is 59.7 Å². The van der Waals surface area contributed by atoms with Crippen LogP contribution in [0, 0.1) is 23.7 Å².